The van der Waals surface area contributed by atoms with Crippen LogP contribution in [0, 0.1) is 6.92 Å². The van der Waals surface area contributed by atoms with Gasteiger partial charge in [0.05, 0.1) is 33.0 Å². The van der Waals surface area contributed by atoms with Crippen LogP contribution in [-0.4, -0.2) is 39.6 Å². The van der Waals surface area contributed by atoms with Crippen LogP contribution in [0.25, 0.3) is 29.9 Å². The largest absolute Gasteiger partial charge is 0.457 e. The molecule has 5 rings (SSSR count). The molecule has 208 valence electrons. The maximum Gasteiger partial charge on any atom is 0.127 e. The first-order chi connectivity index (χ1) is 19.7. The summed E-state index contributed by atoms with van der Waals surface area (Å²) < 4.78 is 22.5. The SMILES string of the molecule is CCOCCOCCOCCc1ccc(-c2ccc(-c3ccc(-c4ccc(Oc5ccc(C)cc5)cc4)s3)s2)s1. The number of rotatable bonds is 15. The van der Waals surface area contributed by atoms with Crippen LogP contribution in [0.2, 0.25) is 0 Å². The average molecular weight is 591 g/mol. The molecule has 0 spiro atoms. The molecule has 40 heavy (non-hydrogen) atoms. The predicted octanol–water partition coefficient (Wildman–Crippen LogP) is 9.59. The van der Waals surface area contributed by atoms with Gasteiger partial charge in [0.25, 0.3) is 0 Å². The molecular formula is C33H34O4S3. The minimum absolute atomic E-state index is 0.610. The second kappa shape index (κ2) is 14.7. The Morgan fingerprint density at radius 2 is 1.00 bits per heavy atom. The fourth-order valence-electron chi connectivity index (χ4n) is 4.06. The van der Waals surface area contributed by atoms with E-state index in [0.717, 1.165) is 24.5 Å². The minimum atomic E-state index is 0.610. The highest BCUT2D eigenvalue weighted by Gasteiger charge is 2.11. The number of aryl methyl sites for hydroxylation is 1. The van der Waals surface area contributed by atoms with Gasteiger partial charge in [0.2, 0.25) is 0 Å². The molecule has 0 radical (unpaired) electrons. The van der Waals surface area contributed by atoms with Crippen LogP contribution < -0.4 is 4.74 Å². The third-order valence-corrected chi connectivity index (χ3v) is 9.95. The van der Waals surface area contributed by atoms with Gasteiger partial charge in [-0.2, -0.15) is 0 Å². The molecule has 0 N–H and O–H groups in total. The van der Waals surface area contributed by atoms with E-state index in [4.69, 9.17) is 18.9 Å². The van der Waals surface area contributed by atoms with Crippen molar-refractivity contribution in [3.63, 3.8) is 0 Å². The van der Waals surface area contributed by atoms with E-state index in [-0.39, 0.29) is 0 Å². The van der Waals surface area contributed by atoms with Gasteiger partial charge >= 0.3 is 0 Å². The summed E-state index contributed by atoms with van der Waals surface area (Å²) in [6.07, 6.45) is 0.922. The Bertz CT molecular complexity index is 1450. The summed E-state index contributed by atoms with van der Waals surface area (Å²) in [5.41, 5.74) is 2.42. The Morgan fingerprint density at radius 1 is 0.500 bits per heavy atom. The summed E-state index contributed by atoms with van der Waals surface area (Å²) in [5, 5.41) is 0. The van der Waals surface area contributed by atoms with Crippen LogP contribution in [0.5, 0.6) is 11.5 Å². The highest BCUT2D eigenvalue weighted by molar-refractivity contribution is 7.27. The number of benzene rings is 2. The Morgan fingerprint density at radius 3 is 1.65 bits per heavy atom. The molecule has 0 aliphatic carbocycles. The van der Waals surface area contributed by atoms with Gasteiger partial charge < -0.3 is 18.9 Å². The first-order valence-electron chi connectivity index (χ1n) is 13.6. The summed E-state index contributed by atoms with van der Waals surface area (Å²) in [4.78, 5) is 7.81. The highest BCUT2D eigenvalue weighted by Crippen LogP contribution is 2.42. The van der Waals surface area contributed by atoms with Crippen LogP contribution in [0.3, 0.4) is 0 Å². The topological polar surface area (TPSA) is 36.9 Å². The van der Waals surface area contributed by atoms with Crippen molar-refractivity contribution in [2.24, 2.45) is 0 Å². The van der Waals surface area contributed by atoms with Gasteiger partial charge in [0.15, 0.2) is 0 Å². The number of hydrogen-bond acceptors (Lipinski definition) is 7. The van der Waals surface area contributed by atoms with Crippen molar-refractivity contribution in [3.05, 3.63) is 95.4 Å². The number of ether oxygens (including phenoxy) is 4. The zero-order chi connectivity index (χ0) is 27.6. The standard InChI is InChI=1S/C33H34O4S3/c1-3-34-20-21-36-23-22-35-19-18-28-12-13-30(38-28)31-16-17-33(40-31)32-15-14-29(39-32)25-6-10-27(11-7-25)37-26-8-4-24(2)5-9-26/h4-17H,3,18-23H2,1-2H3. The van der Waals surface area contributed by atoms with E-state index in [2.05, 4.69) is 67.6 Å². The first-order valence-corrected chi connectivity index (χ1v) is 16.0. The lowest BCUT2D eigenvalue weighted by atomic mass is 10.2. The molecule has 0 unspecified atom stereocenters. The van der Waals surface area contributed by atoms with Gasteiger partial charge in [-0.3, -0.25) is 0 Å². The van der Waals surface area contributed by atoms with Gasteiger partial charge in [0, 0.05) is 42.3 Å². The third-order valence-electron chi connectivity index (χ3n) is 6.20. The summed E-state index contributed by atoms with van der Waals surface area (Å²) in [5.74, 6) is 1.70. The zero-order valence-electron chi connectivity index (χ0n) is 22.9. The van der Waals surface area contributed by atoms with Crippen molar-refractivity contribution >= 4 is 34.0 Å². The Balaban J connectivity index is 1.11. The van der Waals surface area contributed by atoms with E-state index < -0.39 is 0 Å². The fraction of sp³-hybridized carbons (Fsp3) is 0.273. The van der Waals surface area contributed by atoms with Crippen LogP contribution in [0.15, 0.2) is 84.9 Å². The first kappa shape index (κ1) is 28.7. The van der Waals surface area contributed by atoms with E-state index in [1.165, 1.54) is 40.4 Å². The molecule has 0 aliphatic heterocycles. The second-order valence-electron chi connectivity index (χ2n) is 9.20. The normalized spacial score (nSPS) is 11.2. The van der Waals surface area contributed by atoms with E-state index >= 15 is 0 Å². The van der Waals surface area contributed by atoms with Crippen molar-refractivity contribution in [1.29, 1.82) is 0 Å². The van der Waals surface area contributed by atoms with Crippen LogP contribution in [-0.2, 0) is 20.6 Å². The number of hydrogen-bond donors (Lipinski definition) is 0. The molecule has 3 aromatic heterocycles. The second-order valence-corrected chi connectivity index (χ2v) is 12.5. The molecule has 0 fully saturated rings. The maximum atomic E-state index is 5.99. The van der Waals surface area contributed by atoms with Crippen LogP contribution in [0.4, 0.5) is 0 Å². The monoisotopic (exact) mass is 590 g/mol. The smallest absolute Gasteiger partial charge is 0.127 e. The Labute approximate surface area is 248 Å². The lowest BCUT2D eigenvalue weighted by molar-refractivity contribution is 0.0176. The summed E-state index contributed by atoms with van der Waals surface area (Å²) >= 11 is 5.53. The van der Waals surface area contributed by atoms with Gasteiger partial charge in [-0.15, -0.1) is 34.0 Å². The van der Waals surface area contributed by atoms with Crippen molar-refractivity contribution in [3.8, 4) is 41.4 Å². The van der Waals surface area contributed by atoms with Gasteiger partial charge in [-0.1, -0.05) is 17.7 Å². The quantitative estimate of drug-likeness (QED) is 0.114. The molecule has 4 nitrogen and oxygen atoms in total. The lowest BCUT2D eigenvalue weighted by Crippen LogP contribution is -2.10. The van der Waals surface area contributed by atoms with Crippen molar-refractivity contribution in [1.82, 2.24) is 0 Å². The van der Waals surface area contributed by atoms with Crippen LogP contribution >= 0.6 is 34.0 Å². The molecule has 2 aromatic carbocycles. The molecule has 0 saturated heterocycles. The average Bonchev–Trinajstić information content (AvgIpc) is 3.75. The minimum Gasteiger partial charge on any atom is -0.457 e. The third kappa shape index (κ3) is 8.13. The Hall–Kier alpha value is -2.78. The van der Waals surface area contributed by atoms with E-state index in [0.29, 0.717) is 33.0 Å². The van der Waals surface area contributed by atoms with Crippen molar-refractivity contribution < 1.29 is 18.9 Å². The highest BCUT2D eigenvalue weighted by atomic mass is 32.1. The molecule has 0 aliphatic rings. The van der Waals surface area contributed by atoms with Gasteiger partial charge in [0.1, 0.15) is 11.5 Å². The lowest BCUT2D eigenvalue weighted by Gasteiger charge is -2.06. The molecule has 0 amide bonds. The van der Waals surface area contributed by atoms with Gasteiger partial charge in [-0.25, -0.2) is 0 Å². The molecule has 5 aromatic rings. The molecule has 0 saturated carbocycles. The molecular weight excluding hydrogens is 557 g/mol. The predicted molar refractivity (Wildman–Crippen MR) is 169 cm³/mol. The maximum absolute atomic E-state index is 5.99. The molecule has 3 heterocycles. The van der Waals surface area contributed by atoms with E-state index in [1.807, 2.05) is 65.2 Å². The van der Waals surface area contributed by atoms with Crippen molar-refractivity contribution in [2.45, 2.75) is 20.3 Å². The van der Waals surface area contributed by atoms with Gasteiger partial charge in [-0.05, 0) is 92.2 Å². The molecule has 0 atom stereocenters. The summed E-state index contributed by atoms with van der Waals surface area (Å²) in [6, 6.07) is 29.8. The fourth-order valence-corrected chi connectivity index (χ4v) is 7.25. The summed E-state index contributed by atoms with van der Waals surface area (Å²) in [7, 11) is 0. The van der Waals surface area contributed by atoms with E-state index in [1.54, 1.807) is 0 Å². The van der Waals surface area contributed by atoms with Crippen LogP contribution in [0.1, 0.15) is 17.4 Å². The Kier molecular flexibility index (Phi) is 10.6. The molecule has 0 bridgehead atoms. The van der Waals surface area contributed by atoms with Crippen molar-refractivity contribution in [2.75, 3.05) is 39.6 Å². The summed E-state index contributed by atoms with van der Waals surface area (Å²) in [6.45, 7) is 8.00. The zero-order valence-corrected chi connectivity index (χ0v) is 25.3. The van der Waals surface area contributed by atoms with E-state index in [9.17, 15) is 0 Å². The molecule has 7 heteroatoms. The number of thiophene rings is 3.